The number of aromatic nitrogens is 1. The molecule has 1 amide bonds. The molecule has 0 aliphatic carbocycles. The van der Waals surface area contributed by atoms with Crippen LogP contribution in [0.15, 0.2) is 47.2 Å². The summed E-state index contributed by atoms with van der Waals surface area (Å²) in [5, 5.41) is 2.83. The number of benzene rings is 1. The molecule has 1 N–H and O–H groups in total. The first-order chi connectivity index (χ1) is 8.16. The van der Waals surface area contributed by atoms with Gasteiger partial charge < -0.3 is 5.32 Å². The average molecular weight is 403 g/mol. The van der Waals surface area contributed by atoms with Crippen molar-refractivity contribution in [3.8, 4) is 0 Å². The summed E-state index contributed by atoms with van der Waals surface area (Å²) in [5.41, 5.74) is 1.30. The molecule has 2 rings (SSSR count). The molecule has 0 aliphatic rings. The summed E-state index contributed by atoms with van der Waals surface area (Å²) >= 11 is 5.45. The van der Waals surface area contributed by atoms with E-state index in [1.54, 1.807) is 18.3 Å². The van der Waals surface area contributed by atoms with Crippen LogP contribution >= 0.6 is 38.5 Å². The molecule has 0 radical (unpaired) electrons. The molecule has 0 unspecified atom stereocenters. The van der Waals surface area contributed by atoms with Gasteiger partial charge in [0.15, 0.2) is 0 Å². The molecule has 1 heterocycles. The Morgan fingerprint density at radius 1 is 1.29 bits per heavy atom. The highest BCUT2D eigenvalue weighted by Gasteiger charge is 2.10. The van der Waals surface area contributed by atoms with Crippen LogP contribution in [-0.4, -0.2) is 10.9 Å². The number of hydrogen-bond donors (Lipinski definition) is 1. The molecular weight excluding hydrogens is 395 g/mol. The number of hydrogen-bond acceptors (Lipinski definition) is 2. The van der Waals surface area contributed by atoms with E-state index in [2.05, 4.69) is 48.8 Å². The number of carbonyl (C=O) groups is 1. The van der Waals surface area contributed by atoms with Gasteiger partial charge in [0.1, 0.15) is 4.60 Å². The van der Waals surface area contributed by atoms with Gasteiger partial charge in [0.05, 0.1) is 5.56 Å². The van der Waals surface area contributed by atoms with Crippen LogP contribution in [0.4, 0.5) is 5.69 Å². The lowest BCUT2D eigenvalue weighted by Crippen LogP contribution is -2.13. The zero-order chi connectivity index (χ0) is 12.3. The predicted octanol–water partition coefficient (Wildman–Crippen LogP) is 3.70. The van der Waals surface area contributed by atoms with Gasteiger partial charge in [0.2, 0.25) is 0 Å². The minimum Gasteiger partial charge on any atom is -0.322 e. The number of amides is 1. The quantitative estimate of drug-likeness (QED) is 0.614. The molecule has 0 saturated carbocycles. The molecule has 0 fully saturated rings. The number of rotatable bonds is 2. The highest BCUT2D eigenvalue weighted by molar-refractivity contribution is 14.1. The zero-order valence-corrected chi connectivity index (χ0v) is 12.4. The fourth-order valence-electron chi connectivity index (χ4n) is 1.32. The molecule has 5 heteroatoms. The minimum atomic E-state index is -0.174. The van der Waals surface area contributed by atoms with Crippen LogP contribution in [-0.2, 0) is 0 Å². The van der Waals surface area contributed by atoms with E-state index < -0.39 is 0 Å². The van der Waals surface area contributed by atoms with Crippen molar-refractivity contribution < 1.29 is 4.79 Å². The highest BCUT2D eigenvalue weighted by Crippen LogP contribution is 2.17. The van der Waals surface area contributed by atoms with Gasteiger partial charge in [-0.05, 0) is 68.9 Å². The Kier molecular flexibility index (Phi) is 4.11. The van der Waals surface area contributed by atoms with Crippen molar-refractivity contribution in [2.75, 3.05) is 5.32 Å². The van der Waals surface area contributed by atoms with Crippen molar-refractivity contribution in [2.24, 2.45) is 0 Å². The second-order valence-electron chi connectivity index (χ2n) is 3.31. The standard InChI is InChI=1S/C12H8BrIN2O/c13-11-10(5-2-6-15-11)12(17)16-9-4-1-3-8(14)7-9/h1-7H,(H,16,17). The van der Waals surface area contributed by atoms with Gasteiger partial charge in [-0.3, -0.25) is 4.79 Å². The van der Waals surface area contributed by atoms with Crippen LogP contribution < -0.4 is 5.32 Å². The lowest BCUT2D eigenvalue weighted by Gasteiger charge is -2.06. The van der Waals surface area contributed by atoms with Crippen molar-refractivity contribution in [3.63, 3.8) is 0 Å². The topological polar surface area (TPSA) is 42.0 Å². The minimum absolute atomic E-state index is 0.174. The summed E-state index contributed by atoms with van der Waals surface area (Å²) in [6.07, 6.45) is 1.63. The van der Waals surface area contributed by atoms with E-state index in [9.17, 15) is 4.79 Å². The van der Waals surface area contributed by atoms with Gasteiger partial charge in [-0.2, -0.15) is 0 Å². The second kappa shape index (κ2) is 5.59. The van der Waals surface area contributed by atoms with Crippen molar-refractivity contribution in [1.29, 1.82) is 0 Å². The average Bonchev–Trinajstić information content (AvgIpc) is 2.29. The van der Waals surface area contributed by atoms with E-state index in [1.165, 1.54) is 0 Å². The molecule has 0 spiro atoms. The summed E-state index contributed by atoms with van der Waals surface area (Å²) in [4.78, 5) is 16.0. The molecule has 1 aromatic carbocycles. The van der Waals surface area contributed by atoms with Gasteiger partial charge >= 0.3 is 0 Å². The third-order valence-corrected chi connectivity index (χ3v) is 3.39. The fourth-order valence-corrected chi connectivity index (χ4v) is 2.29. The molecule has 2 aromatic rings. The number of nitrogens with zero attached hydrogens (tertiary/aromatic N) is 1. The number of halogens is 2. The van der Waals surface area contributed by atoms with Gasteiger partial charge in [-0.1, -0.05) is 6.07 Å². The number of pyridine rings is 1. The lowest BCUT2D eigenvalue weighted by atomic mass is 10.2. The molecule has 0 atom stereocenters. The van der Waals surface area contributed by atoms with Crippen molar-refractivity contribution >= 4 is 50.1 Å². The predicted molar refractivity (Wildman–Crippen MR) is 79.0 cm³/mol. The van der Waals surface area contributed by atoms with Crippen LogP contribution in [0, 0.1) is 3.57 Å². The van der Waals surface area contributed by atoms with E-state index >= 15 is 0 Å². The van der Waals surface area contributed by atoms with Crippen LogP contribution in [0.2, 0.25) is 0 Å². The normalized spacial score (nSPS) is 10.0. The van der Waals surface area contributed by atoms with Gasteiger partial charge in [0, 0.05) is 15.5 Å². The van der Waals surface area contributed by atoms with Gasteiger partial charge in [0.25, 0.3) is 5.91 Å². The molecule has 86 valence electrons. The maximum absolute atomic E-state index is 12.0. The van der Waals surface area contributed by atoms with E-state index in [-0.39, 0.29) is 5.91 Å². The van der Waals surface area contributed by atoms with E-state index in [0.29, 0.717) is 10.2 Å². The van der Waals surface area contributed by atoms with Crippen LogP contribution in [0.3, 0.4) is 0 Å². The number of anilines is 1. The first kappa shape index (κ1) is 12.5. The zero-order valence-electron chi connectivity index (χ0n) is 8.65. The third-order valence-electron chi connectivity index (χ3n) is 2.09. The monoisotopic (exact) mass is 402 g/mol. The first-order valence-corrected chi connectivity index (χ1v) is 6.71. The summed E-state index contributed by atoms with van der Waals surface area (Å²) in [7, 11) is 0. The smallest absolute Gasteiger partial charge is 0.258 e. The largest absolute Gasteiger partial charge is 0.322 e. The SMILES string of the molecule is O=C(Nc1cccc(I)c1)c1cccnc1Br. The summed E-state index contributed by atoms with van der Waals surface area (Å²) in [6, 6.07) is 11.1. The number of nitrogens with one attached hydrogen (secondary N) is 1. The lowest BCUT2D eigenvalue weighted by molar-refractivity contribution is 0.102. The van der Waals surface area contributed by atoms with Crippen LogP contribution in [0.5, 0.6) is 0 Å². The molecule has 1 aromatic heterocycles. The summed E-state index contributed by atoms with van der Waals surface area (Å²) in [6.45, 7) is 0. The third kappa shape index (κ3) is 3.26. The fraction of sp³-hybridized carbons (Fsp3) is 0. The molecule has 3 nitrogen and oxygen atoms in total. The molecule has 0 saturated heterocycles. The Morgan fingerprint density at radius 3 is 2.82 bits per heavy atom. The Bertz CT molecular complexity index is 560. The molecule has 0 aliphatic heterocycles. The maximum Gasteiger partial charge on any atom is 0.258 e. The Labute approximate surface area is 121 Å². The Hall–Kier alpha value is -0.950. The Balaban J connectivity index is 2.20. The second-order valence-corrected chi connectivity index (χ2v) is 5.30. The van der Waals surface area contributed by atoms with E-state index in [1.807, 2.05) is 24.3 Å². The van der Waals surface area contributed by atoms with Gasteiger partial charge in [-0.25, -0.2) is 4.98 Å². The van der Waals surface area contributed by atoms with Crippen LogP contribution in [0.25, 0.3) is 0 Å². The summed E-state index contributed by atoms with van der Waals surface area (Å²) in [5.74, 6) is -0.174. The first-order valence-electron chi connectivity index (χ1n) is 4.84. The molecule has 17 heavy (non-hydrogen) atoms. The van der Waals surface area contributed by atoms with E-state index in [4.69, 9.17) is 0 Å². The van der Waals surface area contributed by atoms with Crippen molar-refractivity contribution in [2.45, 2.75) is 0 Å². The summed E-state index contributed by atoms with van der Waals surface area (Å²) < 4.78 is 1.62. The number of carbonyl (C=O) groups excluding carboxylic acids is 1. The van der Waals surface area contributed by atoms with Crippen LogP contribution in [0.1, 0.15) is 10.4 Å². The van der Waals surface area contributed by atoms with Crippen molar-refractivity contribution in [3.05, 3.63) is 56.3 Å². The van der Waals surface area contributed by atoms with E-state index in [0.717, 1.165) is 9.26 Å². The van der Waals surface area contributed by atoms with Gasteiger partial charge in [-0.15, -0.1) is 0 Å². The molecule has 0 bridgehead atoms. The maximum atomic E-state index is 12.0. The Morgan fingerprint density at radius 2 is 2.12 bits per heavy atom. The molecular formula is C12H8BrIN2O. The highest BCUT2D eigenvalue weighted by atomic mass is 127. The van der Waals surface area contributed by atoms with Crippen molar-refractivity contribution in [1.82, 2.24) is 4.98 Å².